The van der Waals surface area contributed by atoms with Crippen molar-refractivity contribution in [3.8, 4) is 0 Å². The van der Waals surface area contributed by atoms with E-state index in [1.165, 1.54) is 6.92 Å². The quantitative estimate of drug-likeness (QED) is 0.0426. The smallest absolute Gasteiger partial charge is 0.426 e. The van der Waals surface area contributed by atoms with E-state index in [4.69, 9.17) is 5.73 Å². The van der Waals surface area contributed by atoms with Gasteiger partial charge in [0.25, 0.3) is 5.96 Å². The van der Waals surface area contributed by atoms with Gasteiger partial charge in [0.1, 0.15) is 5.78 Å². The van der Waals surface area contributed by atoms with Gasteiger partial charge in [-0.05, 0) is 31.6 Å². The topological polar surface area (TPSA) is 209 Å². The third kappa shape index (κ3) is 17.5. The van der Waals surface area contributed by atoms with E-state index in [0.717, 1.165) is 0 Å². The lowest BCUT2D eigenvalue weighted by atomic mass is 9.74. The number of rotatable bonds is 16. The largest absolute Gasteiger partial charge is 0.475 e. The standard InChI is InChI=1S/C18H35BN6O7.CH4/c1-12(2)10-16(19(29)30)23-17(28)14(6-4-9-22-18(20)24-25(31)32)11-15(27)7-5-8-21-13(3)26;/h12,14,16,29-30H,4-11H2,1-3H3,(H,21,26)(H,23,28)(H3,20,22,24);1H4/t14-,16+;/m1./s1. The number of carbonyl (C=O) groups is 3. The Bertz CT molecular complexity index is 661. The van der Waals surface area contributed by atoms with Crippen molar-refractivity contribution < 1.29 is 29.5 Å². The minimum atomic E-state index is -1.74. The highest BCUT2D eigenvalue weighted by Gasteiger charge is 2.29. The maximum atomic E-state index is 12.8. The van der Waals surface area contributed by atoms with Gasteiger partial charge in [0.2, 0.25) is 11.8 Å². The van der Waals surface area contributed by atoms with Gasteiger partial charge >= 0.3 is 7.12 Å². The van der Waals surface area contributed by atoms with Gasteiger partial charge in [-0.25, -0.2) is 15.1 Å². The van der Waals surface area contributed by atoms with Crippen LogP contribution in [0, 0.1) is 22.0 Å². The SMILES string of the molecule is C.CC(=O)NCCCC(=O)C[C@@H](CCCN=C(N)N[N+](=O)[O-])C(=O)N[C@@H](CC(C)C)B(O)O. The van der Waals surface area contributed by atoms with Crippen LogP contribution in [-0.2, 0) is 14.4 Å². The fraction of sp³-hybridized carbons (Fsp3) is 0.789. The second kappa shape index (κ2) is 17.8. The summed E-state index contributed by atoms with van der Waals surface area (Å²) in [6.45, 7) is 5.58. The monoisotopic (exact) mass is 474 g/mol. The molecule has 0 rings (SSSR count). The van der Waals surface area contributed by atoms with Gasteiger partial charge in [-0.15, -0.1) is 0 Å². The second-order valence-electron chi connectivity index (χ2n) is 7.96. The van der Waals surface area contributed by atoms with Gasteiger partial charge in [0.05, 0.1) is 5.94 Å². The number of amides is 2. The summed E-state index contributed by atoms with van der Waals surface area (Å²) in [6.07, 6.45) is 1.47. The third-order valence-electron chi connectivity index (χ3n) is 4.46. The fourth-order valence-electron chi connectivity index (χ4n) is 2.98. The minimum Gasteiger partial charge on any atom is -0.426 e. The van der Waals surface area contributed by atoms with Crippen molar-refractivity contribution >= 4 is 30.7 Å². The van der Waals surface area contributed by atoms with Gasteiger partial charge in [0, 0.05) is 38.8 Å². The van der Waals surface area contributed by atoms with E-state index in [1.54, 1.807) is 5.43 Å². The van der Waals surface area contributed by atoms with Crippen LogP contribution in [0.1, 0.15) is 66.7 Å². The molecule has 0 aliphatic rings. The molecule has 0 aromatic carbocycles. The van der Waals surface area contributed by atoms with Gasteiger partial charge in [-0.1, -0.05) is 26.7 Å². The average Bonchev–Trinajstić information content (AvgIpc) is 2.65. The molecular formula is C19H39BN6O7. The normalized spacial score (nSPS) is 12.8. The van der Waals surface area contributed by atoms with Crippen LogP contribution < -0.4 is 21.8 Å². The Morgan fingerprint density at radius 1 is 1.21 bits per heavy atom. The van der Waals surface area contributed by atoms with Crippen molar-refractivity contribution in [1.82, 2.24) is 16.1 Å². The summed E-state index contributed by atoms with van der Waals surface area (Å²) in [4.78, 5) is 50.1. The predicted molar refractivity (Wildman–Crippen MR) is 125 cm³/mol. The number of hydrazine groups is 1. The molecule has 0 aliphatic heterocycles. The van der Waals surface area contributed by atoms with Crippen LogP contribution in [-0.4, -0.2) is 64.8 Å². The number of hydrogen-bond donors (Lipinski definition) is 6. The number of aliphatic imine (C=N–C) groups is 1. The molecule has 14 heteroatoms. The highest BCUT2D eigenvalue weighted by molar-refractivity contribution is 6.43. The minimum absolute atomic E-state index is 0. The number of Topliss-reactive ketones (excluding diaryl/α,β-unsaturated/α-hetero) is 1. The van der Waals surface area contributed by atoms with Gasteiger partial charge in [0.15, 0.2) is 5.03 Å². The molecule has 0 radical (unpaired) electrons. The van der Waals surface area contributed by atoms with Crippen LogP contribution in [0.25, 0.3) is 0 Å². The molecule has 190 valence electrons. The summed E-state index contributed by atoms with van der Waals surface area (Å²) in [5, 5.41) is 33.8. The summed E-state index contributed by atoms with van der Waals surface area (Å²) in [5.41, 5.74) is 7.06. The number of carbonyl (C=O) groups excluding carboxylic acids is 3. The van der Waals surface area contributed by atoms with Crippen LogP contribution in [0.5, 0.6) is 0 Å². The first kappa shape index (κ1) is 32.4. The Hall–Kier alpha value is -2.74. The first-order valence-corrected chi connectivity index (χ1v) is 10.6. The molecule has 0 fully saturated rings. The zero-order chi connectivity index (χ0) is 24.7. The van der Waals surface area contributed by atoms with E-state index in [2.05, 4.69) is 15.6 Å². The maximum absolute atomic E-state index is 12.8. The van der Waals surface area contributed by atoms with Crippen LogP contribution in [0.2, 0.25) is 0 Å². The van der Waals surface area contributed by atoms with Gasteiger partial charge in [-0.3, -0.25) is 14.4 Å². The van der Waals surface area contributed by atoms with Crippen molar-refractivity contribution in [2.75, 3.05) is 13.1 Å². The number of ketones is 1. The number of nitro groups is 1. The lowest BCUT2D eigenvalue weighted by molar-refractivity contribution is -0.525. The third-order valence-corrected chi connectivity index (χ3v) is 4.46. The molecule has 0 saturated carbocycles. The van der Waals surface area contributed by atoms with Crippen LogP contribution in [0.3, 0.4) is 0 Å². The molecule has 0 bridgehead atoms. The summed E-state index contributed by atoms with van der Waals surface area (Å²) < 4.78 is 0. The molecule has 0 aromatic heterocycles. The van der Waals surface area contributed by atoms with Crippen molar-refractivity contribution in [2.45, 2.75) is 72.7 Å². The zero-order valence-electron chi connectivity index (χ0n) is 18.9. The lowest BCUT2D eigenvalue weighted by Gasteiger charge is -2.23. The van der Waals surface area contributed by atoms with E-state index in [0.29, 0.717) is 25.8 Å². The molecule has 2 atom stereocenters. The molecule has 0 aromatic rings. The highest BCUT2D eigenvalue weighted by atomic mass is 16.7. The van der Waals surface area contributed by atoms with Crippen molar-refractivity contribution in [3.63, 3.8) is 0 Å². The molecule has 0 unspecified atom stereocenters. The second-order valence-corrected chi connectivity index (χ2v) is 7.96. The molecule has 7 N–H and O–H groups in total. The zero-order valence-corrected chi connectivity index (χ0v) is 18.9. The summed E-state index contributed by atoms with van der Waals surface area (Å²) >= 11 is 0. The molecule has 2 amide bonds. The van der Waals surface area contributed by atoms with E-state index < -0.39 is 29.9 Å². The fourth-order valence-corrected chi connectivity index (χ4v) is 2.98. The van der Waals surface area contributed by atoms with E-state index in [1.807, 2.05) is 13.8 Å². The first-order valence-electron chi connectivity index (χ1n) is 10.6. The number of guanidine groups is 1. The van der Waals surface area contributed by atoms with Crippen molar-refractivity contribution in [1.29, 1.82) is 0 Å². The first-order chi connectivity index (χ1) is 14.9. The summed E-state index contributed by atoms with van der Waals surface area (Å²) in [5.74, 6) is -2.74. The molecule has 0 aliphatic carbocycles. The van der Waals surface area contributed by atoms with Gasteiger partial charge < -0.3 is 26.4 Å². The maximum Gasteiger partial charge on any atom is 0.475 e. The molecule has 0 spiro atoms. The van der Waals surface area contributed by atoms with E-state index >= 15 is 0 Å². The average molecular weight is 474 g/mol. The predicted octanol–water partition coefficient (Wildman–Crippen LogP) is -0.467. The summed E-state index contributed by atoms with van der Waals surface area (Å²) in [6, 6.07) is 0. The number of hydrogen-bond acceptors (Lipinski definition) is 8. The van der Waals surface area contributed by atoms with Crippen molar-refractivity contribution in [2.24, 2.45) is 22.6 Å². The van der Waals surface area contributed by atoms with Crippen LogP contribution >= 0.6 is 0 Å². The number of nitrogens with one attached hydrogen (secondary N) is 3. The van der Waals surface area contributed by atoms with E-state index in [-0.39, 0.29) is 56.8 Å². The van der Waals surface area contributed by atoms with Crippen LogP contribution in [0.4, 0.5) is 0 Å². The Balaban J connectivity index is 0. The number of nitrogens with two attached hydrogens (primary N) is 1. The molecular weight excluding hydrogens is 435 g/mol. The number of nitrogens with zero attached hydrogens (tertiary/aromatic N) is 2. The van der Waals surface area contributed by atoms with Crippen LogP contribution in [0.15, 0.2) is 4.99 Å². The Labute approximate surface area is 195 Å². The highest BCUT2D eigenvalue weighted by Crippen LogP contribution is 2.16. The van der Waals surface area contributed by atoms with Crippen molar-refractivity contribution in [3.05, 3.63) is 10.1 Å². The molecule has 13 nitrogen and oxygen atoms in total. The lowest BCUT2D eigenvalue weighted by Crippen LogP contribution is -2.49. The Kier molecular flexibility index (Phi) is 17.5. The molecule has 0 saturated heterocycles. The molecule has 0 heterocycles. The Morgan fingerprint density at radius 2 is 1.85 bits per heavy atom. The van der Waals surface area contributed by atoms with Gasteiger partial charge in [-0.2, -0.15) is 0 Å². The summed E-state index contributed by atoms with van der Waals surface area (Å²) in [7, 11) is -1.74. The Morgan fingerprint density at radius 3 is 2.36 bits per heavy atom. The van der Waals surface area contributed by atoms with E-state index in [9.17, 15) is 34.5 Å². The molecule has 33 heavy (non-hydrogen) atoms.